The van der Waals surface area contributed by atoms with Crippen molar-refractivity contribution >= 4 is 17.1 Å². The maximum atomic E-state index is 6.01. The van der Waals surface area contributed by atoms with E-state index in [1.54, 1.807) is 0 Å². The fraction of sp³-hybridized carbons (Fsp3) is 0.538. The van der Waals surface area contributed by atoms with Gasteiger partial charge in [0.25, 0.3) is 0 Å². The van der Waals surface area contributed by atoms with Crippen LogP contribution in [-0.2, 0) is 0 Å². The van der Waals surface area contributed by atoms with Gasteiger partial charge >= 0.3 is 0 Å². The quantitative estimate of drug-likeness (QED) is 0.895. The van der Waals surface area contributed by atoms with E-state index in [0.29, 0.717) is 12.0 Å². The minimum Gasteiger partial charge on any atom is -0.369 e. The molecule has 98 valence electrons. The van der Waals surface area contributed by atoms with Crippen molar-refractivity contribution in [3.05, 3.63) is 17.8 Å². The Morgan fingerprint density at radius 3 is 2.72 bits per heavy atom. The van der Waals surface area contributed by atoms with E-state index in [2.05, 4.69) is 35.9 Å². The summed E-state index contributed by atoms with van der Waals surface area (Å²) < 4.78 is 2.03. The molecule has 18 heavy (non-hydrogen) atoms. The van der Waals surface area contributed by atoms with Gasteiger partial charge in [0, 0.05) is 11.7 Å². The van der Waals surface area contributed by atoms with Crippen LogP contribution < -0.4 is 5.73 Å². The Morgan fingerprint density at radius 1 is 1.33 bits per heavy atom. The second-order valence-electron chi connectivity index (χ2n) is 5.08. The summed E-state index contributed by atoms with van der Waals surface area (Å²) in [5.74, 6) is 0.550. The van der Waals surface area contributed by atoms with Gasteiger partial charge in [0.05, 0.1) is 0 Å². The molecule has 0 radical (unpaired) electrons. The van der Waals surface area contributed by atoms with Gasteiger partial charge in [-0.2, -0.15) is 0 Å². The third-order valence-electron chi connectivity index (χ3n) is 3.14. The van der Waals surface area contributed by atoms with Crippen LogP contribution in [0.15, 0.2) is 12.1 Å². The standard InChI is InChI=1S/C13H21N5/c1-9-5-6-11-12(15-9)18(13(14)16-11)10(2)7-8-17(3)4/h5-6,10H,7-8H2,1-4H3,(H2,14,16). The number of nitrogen functional groups attached to an aromatic ring is 1. The average molecular weight is 247 g/mol. The number of fused-ring (bicyclic) bond motifs is 1. The number of pyridine rings is 1. The van der Waals surface area contributed by atoms with Gasteiger partial charge in [0.1, 0.15) is 5.52 Å². The molecule has 1 atom stereocenters. The first-order chi connectivity index (χ1) is 8.49. The summed E-state index contributed by atoms with van der Waals surface area (Å²) in [6.45, 7) is 5.16. The zero-order chi connectivity index (χ0) is 13.3. The number of nitrogens with two attached hydrogens (primary N) is 1. The van der Waals surface area contributed by atoms with Gasteiger partial charge in [-0.25, -0.2) is 9.97 Å². The smallest absolute Gasteiger partial charge is 0.202 e. The SMILES string of the molecule is Cc1ccc2nc(N)n(C(C)CCN(C)C)c2n1. The van der Waals surface area contributed by atoms with E-state index in [1.165, 1.54) is 0 Å². The van der Waals surface area contributed by atoms with Crippen LogP contribution in [-0.4, -0.2) is 40.1 Å². The Bertz CT molecular complexity index is 544. The normalized spacial score (nSPS) is 13.4. The first-order valence-electron chi connectivity index (χ1n) is 6.25. The highest BCUT2D eigenvalue weighted by Crippen LogP contribution is 2.23. The molecule has 0 aliphatic carbocycles. The largest absolute Gasteiger partial charge is 0.369 e. The summed E-state index contributed by atoms with van der Waals surface area (Å²) in [5, 5.41) is 0. The molecule has 2 rings (SSSR count). The Morgan fingerprint density at radius 2 is 2.06 bits per heavy atom. The highest BCUT2D eigenvalue weighted by atomic mass is 15.2. The van der Waals surface area contributed by atoms with Crippen molar-refractivity contribution in [1.29, 1.82) is 0 Å². The monoisotopic (exact) mass is 247 g/mol. The van der Waals surface area contributed by atoms with Crippen LogP contribution in [0, 0.1) is 6.92 Å². The number of aryl methyl sites for hydroxylation is 1. The van der Waals surface area contributed by atoms with Gasteiger partial charge in [-0.1, -0.05) is 0 Å². The molecule has 0 amide bonds. The average Bonchev–Trinajstić information content (AvgIpc) is 2.61. The van der Waals surface area contributed by atoms with Crippen molar-refractivity contribution in [2.45, 2.75) is 26.3 Å². The second kappa shape index (κ2) is 4.94. The molecule has 5 nitrogen and oxygen atoms in total. The maximum Gasteiger partial charge on any atom is 0.202 e. The number of nitrogens with zero attached hydrogens (tertiary/aromatic N) is 4. The van der Waals surface area contributed by atoms with Crippen molar-refractivity contribution < 1.29 is 0 Å². The molecule has 0 aromatic carbocycles. The molecule has 2 N–H and O–H groups in total. The molecule has 0 saturated carbocycles. The van der Waals surface area contributed by atoms with E-state index in [0.717, 1.165) is 29.8 Å². The van der Waals surface area contributed by atoms with Crippen LogP contribution in [0.1, 0.15) is 25.1 Å². The summed E-state index contributed by atoms with van der Waals surface area (Å²) in [6, 6.07) is 4.24. The molecule has 5 heteroatoms. The number of anilines is 1. The van der Waals surface area contributed by atoms with Crippen molar-refractivity contribution in [2.75, 3.05) is 26.4 Å². The van der Waals surface area contributed by atoms with Crippen LogP contribution in [0.4, 0.5) is 5.95 Å². The van der Waals surface area contributed by atoms with E-state index in [4.69, 9.17) is 5.73 Å². The molecular formula is C13H21N5. The third-order valence-corrected chi connectivity index (χ3v) is 3.14. The van der Waals surface area contributed by atoms with Gasteiger partial charge in [-0.05, 0) is 53.0 Å². The molecule has 0 fully saturated rings. The van der Waals surface area contributed by atoms with Gasteiger partial charge in [0.2, 0.25) is 5.95 Å². The van der Waals surface area contributed by atoms with Crippen molar-refractivity contribution in [3.63, 3.8) is 0 Å². The number of hydrogen-bond donors (Lipinski definition) is 1. The second-order valence-corrected chi connectivity index (χ2v) is 5.08. The first kappa shape index (κ1) is 12.8. The molecule has 0 bridgehead atoms. The molecule has 0 saturated heterocycles. The highest BCUT2D eigenvalue weighted by molar-refractivity contribution is 5.74. The number of hydrogen-bond acceptors (Lipinski definition) is 4. The fourth-order valence-electron chi connectivity index (χ4n) is 2.09. The molecule has 2 heterocycles. The Balaban J connectivity index is 2.36. The van der Waals surface area contributed by atoms with Crippen LogP contribution in [0.5, 0.6) is 0 Å². The van der Waals surface area contributed by atoms with E-state index < -0.39 is 0 Å². The van der Waals surface area contributed by atoms with E-state index in [-0.39, 0.29) is 0 Å². The predicted octanol–water partition coefficient (Wildman–Crippen LogP) is 1.83. The number of aromatic nitrogens is 3. The summed E-state index contributed by atoms with van der Waals surface area (Å²) >= 11 is 0. The summed E-state index contributed by atoms with van der Waals surface area (Å²) in [7, 11) is 4.15. The number of rotatable bonds is 4. The lowest BCUT2D eigenvalue weighted by atomic mass is 10.2. The molecule has 0 spiro atoms. The van der Waals surface area contributed by atoms with Gasteiger partial charge in [-0.3, -0.25) is 4.57 Å². The van der Waals surface area contributed by atoms with Crippen LogP contribution in [0.25, 0.3) is 11.2 Å². The molecular weight excluding hydrogens is 226 g/mol. The molecule has 0 aliphatic heterocycles. The van der Waals surface area contributed by atoms with Crippen LogP contribution in [0.3, 0.4) is 0 Å². The zero-order valence-corrected chi connectivity index (χ0v) is 11.5. The molecule has 2 aromatic rings. The van der Waals surface area contributed by atoms with Gasteiger partial charge < -0.3 is 10.6 Å². The minimum absolute atomic E-state index is 0.298. The lowest BCUT2D eigenvalue weighted by molar-refractivity contribution is 0.361. The third kappa shape index (κ3) is 2.46. The maximum absolute atomic E-state index is 6.01. The minimum atomic E-state index is 0.298. The Kier molecular flexibility index (Phi) is 3.52. The summed E-state index contributed by atoms with van der Waals surface area (Å²) in [5.41, 5.74) is 8.76. The first-order valence-corrected chi connectivity index (χ1v) is 6.25. The number of imidazole rings is 1. The Hall–Kier alpha value is -1.62. The summed E-state index contributed by atoms with van der Waals surface area (Å²) in [4.78, 5) is 11.1. The van der Waals surface area contributed by atoms with Crippen molar-refractivity contribution in [1.82, 2.24) is 19.4 Å². The lowest BCUT2D eigenvalue weighted by Crippen LogP contribution is -2.18. The van der Waals surface area contributed by atoms with E-state index >= 15 is 0 Å². The van der Waals surface area contributed by atoms with Crippen molar-refractivity contribution in [3.8, 4) is 0 Å². The molecule has 1 unspecified atom stereocenters. The topological polar surface area (TPSA) is 60.0 Å². The molecule has 0 aliphatic rings. The van der Waals surface area contributed by atoms with Crippen LogP contribution in [0.2, 0.25) is 0 Å². The molecule has 2 aromatic heterocycles. The zero-order valence-electron chi connectivity index (χ0n) is 11.5. The van der Waals surface area contributed by atoms with Gasteiger partial charge in [0.15, 0.2) is 5.65 Å². The van der Waals surface area contributed by atoms with Gasteiger partial charge in [-0.15, -0.1) is 0 Å². The predicted molar refractivity (Wildman–Crippen MR) is 74.6 cm³/mol. The van der Waals surface area contributed by atoms with E-state index in [1.807, 2.05) is 23.6 Å². The van der Waals surface area contributed by atoms with Crippen LogP contribution >= 0.6 is 0 Å². The van der Waals surface area contributed by atoms with Crippen molar-refractivity contribution in [2.24, 2.45) is 0 Å². The fourth-order valence-corrected chi connectivity index (χ4v) is 2.09. The summed E-state index contributed by atoms with van der Waals surface area (Å²) in [6.07, 6.45) is 1.03. The highest BCUT2D eigenvalue weighted by Gasteiger charge is 2.15. The Labute approximate surface area is 108 Å². The lowest BCUT2D eigenvalue weighted by Gasteiger charge is -2.18. The van der Waals surface area contributed by atoms with E-state index in [9.17, 15) is 0 Å².